The average molecular weight is 214 g/mol. The molecular weight excluding hydrogens is 192 g/mol. The molecule has 1 aliphatic heterocycles. The summed E-state index contributed by atoms with van der Waals surface area (Å²) >= 11 is 0. The Bertz CT molecular complexity index is 191. The molecule has 4 nitrogen and oxygen atoms in total. The van der Waals surface area contributed by atoms with E-state index in [-0.39, 0.29) is 6.09 Å². The molecule has 1 N–H and O–H groups in total. The fraction of sp³-hybridized carbons (Fsp3) is 0.909. The Morgan fingerprint density at radius 2 is 2.33 bits per heavy atom. The lowest BCUT2D eigenvalue weighted by molar-refractivity contribution is 0.0837. The van der Waals surface area contributed by atoms with Crippen molar-refractivity contribution in [1.82, 2.24) is 10.2 Å². The number of hydrogen-bond acceptors (Lipinski definition) is 3. The number of ether oxygens (including phenoxy) is 1. The normalized spacial score (nSPS) is 21.1. The van der Waals surface area contributed by atoms with E-state index in [1.54, 1.807) is 0 Å². The van der Waals surface area contributed by atoms with Crippen molar-refractivity contribution in [1.29, 1.82) is 0 Å². The van der Waals surface area contributed by atoms with Crippen LogP contribution in [0, 0.1) is 0 Å². The maximum Gasteiger partial charge on any atom is 0.410 e. The standard InChI is InChI=1S/C11H22N2O2/c1-3-8-13(11(14)15-4-2)10-6-5-7-12-9-10/h10,12H,3-9H2,1-2H3. The Balaban J connectivity index is 2.50. The topological polar surface area (TPSA) is 41.6 Å². The van der Waals surface area contributed by atoms with Crippen molar-refractivity contribution < 1.29 is 9.53 Å². The first kappa shape index (κ1) is 12.3. The fourth-order valence-corrected chi connectivity index (χ4v) is 1.97. The molecule has 1 unspecified atom stereocenters. The number of piperidine rings is 1. The van der Waals surface area contributed by atoms with Crippen molar-refractivity contribution in [3.63, 3.8) is 0 Å². The zero-order valence-corrected chi connectivity index (χ0v) is 9.79. The van der Waals surface area contributed by atoms with Gasteiger partial charge in [-0.2, -0.15) is 0 Å². The van der Waals surface area contributed by atoms with Crippen LogP contribution in [0.5, 0.6) is 0 Å². The lowest BCUT2D eigenvalue weighted by Gasteiger charge is -2.33. The lowest BCUT2D eigenvalue weighted by atomic mass is 10.1. The van der Waals surface area contributed by atoms with Gasteiger partial charge in [0.05, 0.1) is 6.61 Å². The Hall–Kier alpha value is -0.770. The summed E-state index contributed by atoms with van der Waals surface area (Å²) in [5.74, 6) is 0. The van der Waals surface area contributed by atoms with Gasteiger partial charge in [0.15, 0.2) is 0 Å². The van der Waals surface area contributed by atoms with Crippen molar-refractivity contribution in [2.75, 3.05) is 26.2 Å². The number of carbonyl (C=O) groups is 1. The number of amides is 1. The summed E-state index contributed by atoms with van der Waals surface area (Å²) in [6.07, 6.45) is 3.05. The van der Waals surface area contributed by atoms with Crippen LogP contribution in [0.25, 0.3) is 0 Å². The quantitative estimate of drug-likeness (QED) is 0.773. The van der Waals surface area contributed by atoms with Crippen LogP contribution in [0.2, 0.25) is 0 Å². The molecule has 0 spiro atoms. The van der Waals surface area contributed by atoms with Gasteiger partial charge in [-0.15, -0.1) is 0 Å². The van der Waals surface area contributed by atoms with Crippen LogP contribution in [-0.4, -0.2) is 43.3 Å². The molecule has 1 fully saturated rings. The minimum Gasteiger partial charge on any atom is -0.450 e. The van der Waals surface area contributed by atoms with Crippen molar-refractivity contribution in [2.24, 2.45) is 0 Å². The second-order valence-corrected chi connectivity index (χ2v) is 3.89. The highest BCUT2D eigenvalue weighted by Gasteiger charge is 2.25. The Morgan fingerprint density at radius 1 is 1.53 bits per heavy atom. The third kappa shape index (κ3) is 3.70. The summed E-state index contributed by atoms with van der Waals surface area (Å²) < 4.78 is 5.07. The van der Waals surface area contributed by atoms with E-state index in [0.29, 0.717) is 12.6 Å². The van der Waals surface area contributed by atoms with Crippen LogP contribution in [0.15, 0.2) is 0 Å². The molecule has 0 aromatic carbocycles. The monoisotopic (exact) mass is 214 g/mol. The van der Waals surface area contributed by atoms with Gasteiger partial charge < -0.3 is 15.0 Å². The van der Waals surface area contributed by atoms with Gasteiger partial charge in [-0.25, -0.2) is 4.79 Å². The second-order valence-electron chi connectivity index (χ2n) is 3.89. The molecule has 0 aromatic heterocycles. The first-order valence-corrected chi connectivity index (χ1v) is 5.93. The minimum atomic E-state index is -0.159. The zero-order valence-electron chi connectivity index (χ0n) is 9.79. The molecule has 1 amide bonds. The molecule has 0 saturated carbocycles. The van der Waals surface area contributed by atoms with Crippen molar-refractivity contribution >= 4 is 6.09 Å². The van der Waals surface area contributed by atoms with E-state index in [4.69, 9.17) is 4.74 Å². The molecule has 1 rings (SSSR count). The van der Waals surface area contributed by atoms with E-state index >= 15 is 0 Å². The van der Waals surface area contributed by atoms with Crippen molar-refractivity contribution in [2.45, 2.75) is 39.2 Å². The van der Waals surface area contributed by atoms with Crippen molar-refractivity contribution in [3.8, 4) is 0 Å². The summed E-state index contributed by atoms with van der Waals surface area (Å²) in [6.45, 7) is 7.16. The van der Waals surface area contributed by atoms with Gasteiger partial charge in [0.2, 0.25) is 0 Å². The molecule has 4 heteroatoms. The largest absolute Gasteiger partial charge is 0.450 e. The molecule has 1 aliphatic rings. The number of carbonyl (C=O) groups excluding carboxylic acids is 1. The molecule has 88 valence electrons. The number of rotatable bonds is 4. The average Bonchev–Trinajstić information content (AvgIpc) is 2.27. The fourth-order valence-electron chi connectivity index (χ4n) is 1.97. The van der Waals surface area contributed by atoms with Crippen LogP contribution < -0.4 is 5.32 Å². The van der Waals surface area contributed by atoms with Crippen LogP contribution in [0.1, 0.15) is 33.1 Å². The summed E-state index contributed by atoms with van der Waals surface area (Å²) in [5, 5.41) is 3.32. The predicted octanol–water partition coefficient (Wildman–Crippen LogP) is 1.61. The third-order valence-electron chi connectivity index (χ3n) is 2.68. The van der Waals surface area contributed by atoms with Crippen molar-refractivity contribution in [3.05, 3.63) is 0 Å². The predicted molar refractivity (Wildman–Crippen MR) is 59.9 cm³/mol. The van der Waals surface area contributed by atoms with E-state index in [1.807, 2.05) is 11.8 Å². The SMILES string of the molecule is CCCN(C(=O)OCC)C1CCCNC1. The highest BCUT2D eigenvalue weighted by molar-refractivity contribution is 5.68. The molecule has 0 bridgehead atoms. The first-order chi connectivity index (χ1) is 7.29. The molecule has 0 aliphatic carbocycles. The number of hydrogen-bond donors (Lipinski definition) is 1. The van der Waals surface area contributed by atoms with Crippen LogP contribution in [0.3, 0.4) is 0 Å². The third-order valence-corrected chi connectivity index (χ3v) is 2.68. The minimum absolute atomic E-state index is 0.159. The van der Waals surface area contributed by atoms with E-state index in [9.17, 15) is 4.79 Å². The van der Waals surface area contributed by atoms with Crippen LogP contribution >= 0.6 is 0 Å². The highest BCUT2D eigenvalue weighted by atomic mass is 16.6. The Labute approximate surface area is 92.0 Å². The smallest absolute Gasteiger partial charge is 0.410 e. The molecule has 15 heavy (non-hydrogen) atoms. The van der Waals surface area contributed by atoms with Gasteiger partial charge in [0.1, 0.15) is 0 Å². The molecule has 1 atom stereocenters. The van der Waals surface area contributed by atoms with Crippen LogP contribution in [-0.2, 0) is 4.74 Å². The summed E-state index contributed by atoms with van der Waals surface area (Å²) in [4.78, 5) is 13.6. The van der Waals surface area contributed by atoms with E-state index in [0.717, 1.165) is 38.9 Å². The van der Waals surface area contributed by atoms with E-state index in [2.05, 4.69) is 12.2 Å². The first-order valence-electron chi connectivity index (χ1n) is 5.93. The van der Waals surface area contributed by atoms with Gasteiger partial charge >= 0.3 is 6.09 Å². The molecule has 1 heterocycles. The summed E-state index contributed by atoms with van der Waals surface area (Å²) in [7, 11) is 0. The number of nitrogens with one attached hydrogen (secondary N) is 1. The van der Waals surface area contributed by atoms with Gasteiger partial charge in [0, 0.05) is 19.1 Å². The number of nitrogens with zero attached hydrogens (tertiary/aromatic N) is 1. The van der Waals surface area contributed by atoms with Gasteiger partial charge in [-0.3, -0.25) is 0 Å². The maximum atomic E-state index is 11.7. The lowest BCUT2D eigenvalue weighted by Crippen LogP contribution is -2.49. The maximum absolute atomic E-state index is 11.7. The van der Waals surface area contributed by atoms with E-state index < -0.39 is 0 Å². The van der Waals surface area contributed by atoms with Gasteiger partial charge in [-0.1, -0.05) is 6.92 Å². The summed E-state index contributed by atoms with van der Waals surface area (Å²) in [5.41, 5.74) is 0. The molecule has 0 radical (unpaired) electrons. The molecule has 0 aromatic rings. The highest BCUT2D eigenvalue weighted by Crippen LogP contribution is 2.12. The second kappa shape index (κ2) is 6.67. The Kier molecular flexibility index (Phi) is 5.47. The molecular formula is C11H22N2O2. The zero-order chi connectivity index (χ0) is 11.1. The van der Waals surface area contributed by atoms with E-state index in [1.165, 1.54) is 0 Å². The van der Waals surface area contributed by atoms with Gasteiger partial charge in [-0.05, 0) is 32.7 Å². The van der Waals surface area contributed by atoms with Gasteiger partial charge in [0.25, 0.3) is 0 Å². The molecule has 1 saturated heterocycles. The van der Waals surface area contributed by atoms with Crippen LogP contribution in [0.4, 0.5) is 4.79 Å². The summed E-state index contributed by atoms with van der Waals surface area (Å²) in [6, 6.07) is 0.317. The Morgan fingerprint density at radius 3 is 2.87 bits per heavy atom.